The summed E-state index contributed by atoms with van der Waals surface area (Å²) in [5.41, 5.74) is 3.00. The van der Waals surface area contributed by atoms with Gasteiger partial charge in [0.2, 0.25) is 11.8 Å². The fourth-order valence-corrected chi connectivity index (χ4v) is 3.07. The summed E-state index contributed by atoms with van der Waals surface area (Å²) < 4.78 is 0. The number of hydrogen-bond acceptors (Lipinski definition) is 2. The molecule has 2 amide bonds. The number of rotatable bonds is 12. The highest BCUT2D eigenvalue weighted by molar-refractivity contribution is 5.91. The SMILES string of the molecule is CCc1ccc(NC(=O)CCCCCCCCC(=O)Nc2ccccc2)cc1. The van der Waals surface area contributed by atoms with E-state index in [0.29, 0.717) is 12.8 Å². The van der Waals surface area contributed by atoms with Gasteiger partial charge in [-0.3, -0.25) is 9.59 Å². The first-order valence-corrected chi connectivity index (χ1v) is 10.4. The smallest absolute Gasteiger partial charge is 0.224 e. The minimum Gasteiger partial charge on any atom is -0.326 e. The number of benzene rings is 2. The largest absolute Gasteiger partial charge is 0.326 e. The minimum atomic E-state index is 0.0786. The van der Waals surface area contributed by atoms with Gasteiger partial charge in [0.05, 0.1) is 0 Å². The van der Waals surface area contributed by atoms with E-state index in [1.54, 1.807) is 0 Å². The summed E-state index contributed by atoms with van der Waals surface area (Å²) in [6.07, 6.45) is 8.28. The zero-order valence-electron chi connectivity index (χ0n) is 16.9. The molecular formula is C24H32N2O2. The van der Waals surface area contributed by atoms with Crippen LogP contribution in [0, 0.1) is 0 Å². The average Bonchev–Trinajstić information content (AvgIpc) is 2.71. The second-order valence-corrected chi connectivity index (χ2v) is 7.13. The Balaban J connectivity index is 1.45. The first-order valence-electron chi connectivity index (χ1n) is 10.4. The Labute approximate surface area is 168 Å². The summed E-state index contributed by atoms with van der Waals surface area (Å²) in [4.78, 5) is 23.8. The van der Waals surface area contributed by atoms with E-state index < -0.39 is 0 Å². The summed E-state index contributed by atoms with van der Waals surface area (Å²) in [6.45, 7) is 2.12. The van der Waals surface area contributed by atoms with Gasteiger partial charge in [0.1, 0.15) is 0 Å². The van der Waals surface area contributed by atoms with Gasteiger partial charge in [-0.2, -0.15) is 0 Å². The summed E-state index contributed by atoms with van der Waals surface area (Å²) in [5.74, 6) is 0.164. The molecule has 0 fully saturated rings. The van der Waals surface area contributed by atoms with E-state index in [1.165, 1.54) is 5.56 Å². The Morgan fingerprint density at radius 2 is 1.11 bits per heavy atom. The number of para-hydroxylation sites is 1. The van der Waals surface area contributed by atoms with Gasteiger partial charge in [-0.15, -0.1) is 0 Å². The van der Waals surface area contributed by atoms with Crippen molar-refractivity contribution in [3.63, 3.8) is 0 Å². The van der Waals surface area contributed by atoms with Gasteiger partial charge in [-0.25, -0.2) is 0 Å². The number of anilines is 2. The Morgan fingerprint density at radius 1 is 0.643 bits per heavy atom. The molecule has 0 unspecified atom stereocenters. The van der Waals surface area contributed by atoms with E-state index >= 15 is 0 Å². The van der Waals surface area contributed by atoms with Crippen LogP contribution in [-0.4, -0.2) is 11.8 Å². The average molecular weight is 381 g/mol. The van der Waals surface area contributed by atoms with Gasteiger partial charge >= 0.3 is 0 Å². The lowest BCUT2D eigenvalue weighted by atomic mass is 10.1. The van der Waals surface area contributed by atoms with Crippen LogP contribution in [0.3, 0.4) is 0 Å². The number of carbonyl (C=O) groups is 2. The van der Waals surface area contributed by atoms with Crippen LogP contribution in [-0.2, 0) is 16.0 Å². The second kappa shape index (κ2) is 12.7. The molecule has 0 radical (unpaired) electrons. The van der Waals surface area contributed by atoms with E-state index in [9.17, 15) is 9.59 Å². The fourth-order valence-electron chi connectivity index (χ4n) is 3.07. The molecule has 0 aliphatic heterocycles. The number of amides is 2. The second-order valence-electron chi connectivity index (χ2n) is 7.13. The lowest BCUT2D eigenvalue weighted by Crippen LogP contribution is -2.11. The van der Waals surface area contributed by atoms with Gasteiger partial charge in [-0.1, -0.05) is 62.9 Å². The lowest BCUT2D eigenvalue weighted by Gasteiger charge is -2.06. The van der Waals surface area contributed by atoms with Crippen molar-refractivity contribution in [1.29, 1.82) is 0 Å². The molecule has 0 aliphatic rings. The molecule has 0 aliphatic carbocycles. The standard InChI is InChI=1S/C24H32N2O2/c1-2-20-16-18-22(19-17-20)26-24(28)15-11-6-4-3-5-10-14-23(27)25-21-12-8-7-9-13-21/h7-9,12-13,16-19H,2-6,10-11,14-15H2,1H3,(H,25,27)(H,26,28). The fraction of sp³-hybridized carbons (Fsp3) is 0.417. The van der Waals surface area contributed by atoms with E-state index in [0.717, 1.165) is 56.3 Å². The Bertz CT molecular complexity index is 711. The van der Waals surface area contributed by atoms with Crippen molar-refractivity contribution in [3.05, 3.63) is 60.2 Å². The van der Waals surface area contributed by atoms with Crippen LogP contribution in [0.15, 0.2) is 54.6 Å². The molecule has 4 nitrogen and oxygen atoms in total. The summed E-state index contributed by atoms with van der Waals surface area (Å²) >= 11 is 0. The zero-order chi connectivity index (χ0) is 20.0. The molecular weight excluding hydrogens is 348 g/mol. The van der Waals surface area contributed by atoms with Gasteiger partial charge < -0.3 is 10.6 Å². The van der Waals surface area contributed by atoms with Crippen molar-refractivity contribution in [1.82, 2.24) is 0 Å². The molecule has 0 atom stereocenters. The molecule has 0 bridgehead atoms. The maximum Gasteiger partial charge on any atom is 0.224 e. The maximum absolute atomic E-state index is 12.0. The normalized spacial score (nSPS) is 10.5. The van der Waals surface area contributed by atoms with Gasteiger partial charge in [0.15, 0.2) is 0 Å². The number of aryl methyl sites for hydroxylation is 1. The summed E-state index contributed by atoms with van der Waals surface area (Å²) in [6, 6.07) is 17.6. The number of hydrogen-bond donors (Lipinski definition) is 2. The molecule has 150 valence electrons. The van der Waals surface area contributed by atoms with Crippen LogP contribution in [0.4, 0.5) is 11.4 Å². The van der Waals surface area contributed by atoms with Crippen LogP contribution < -0.4 is 10.6 Å². The molecule has 2 N–H and O–H groups in total. The molecule has 0 heterocycles. The Hall–Kier alpha value is -2.62. The lowest BCUT2D eigenvalue weighted by molar-refractivity contribution is -0.117. The maximum atomic E-state index is 12.0. The predicted octanol–water partition coefficient (Wildman–Crippen LogP) is 5.95. The first-order chi connectivity index (χ1) is 13.7. The van der Waals surface area contributed by atoms with Crippen molar-refractivity contribution in [2.75, 3.05) is 10.6 Å². The molecule has 0 saturated carbocycles. The quantitative estimate of drug-likeness (QED) is 0.447. The topological polar surface area (TPSA) is 58.2 Å². The van der Waals surface area contributed by atoms with Gasteiger partial charge in [0, 0.05) is 24.2 Å². The van der Waals surface area contributed by atoms with Crippen molar-refractivity contribution in [2.24, 2.45) is 0 Å². The van der Waals surface area contributed by atoms with E-state index in [4.69, 9.17) is 0 Å². The van der Waals surface area contributed by atoms with Crippen molar-refractivity contribution in [3.8, 4) is 0 Å². The van der Waals surface area contributed by atoms with Crippen LogP contribution in [0.5, 0.6) is 0 Å². The number of unbranched alkanes of at least 4 members (excludes halogenated alkanes) is 5. The first kappa shape index (κ1) is 21.7. The zero-order valence-corrected chi connectivity index (χ0v) is 16.9. The van der Waals surface area contributed by atoms with Crippen LogP contribution in [0.1, 0.15) is 63.9 Å². The molecule has 2 rings (SSSR count). The molecule has 4 heteroatoms. The highest BCUT2D eigenvalue weighted by atomic mass is 16.2. The van der Waals surface area contributed by atoms with Crippen molar-refractivity contribution in [2.45, 2.75) is 64.7 Å². The van der Waals surface area contributed by atoms with Gasteiger partial charge in [0.25, 0.3) is 0 Å². The third kappa shape index (κ3) is 8.85. The molecule has 0 aromatic heterocycles. The highest BCUT2D eigenvalue weighted by Crippen LogP contribution is 2.13. The van der Waals surface area contributed by atoms with Crippen LogP contribution >= 0.6 is 0 Å². The van der Waals surface area contributed by atoms with Crippen LogP contribution in [0.25, 0.3) is 0 Å². The summed E-state index contributed by atoms with van der Waals surface area (Å²) in [7, 11) is 0. The number of carbonyl (C=O) groups excluding carboxylic acids is 2. The van der Waals surface area contributed by atoms with Crippen LogP contribution in [0.2, 0.25) is 0 Å². The summed E-state index contributed by atoms with van der Waals surface area (Å²) in [5, 5.41) is 5.86. The third-order valence-corrected chi connectivity index (χ3v) is 4.76. The Morgan fingerprint density at radius 3 is 1.61 bits per heavy atom. The molecule has 28 heavy (non-hydrogen) atoms. The predicted molar refractivity (Wildman–Crippen MR) is 116 cm³/mol. The molecule has 2 aromatic rings. The minimum absolute atomic E-state index is 0.0786. The monoisotopic (exact) mass is 380 g/mol. The van der Waals surface area contributed by atoms with E-state index in [2.05, 4.69) is 29.7 Å². The number of nitrogens with one attached hydrogen (secondary N) is 2. The van der Waals surface area contributed by atoms with Crippen molar-refractivity contribution >= 4 is 23.2 Å². The van der Waals surface area contributed by atoms with E-state index in [-0.39, 0.29) is 11.8 Å². The third-order valence-electron chi connectivity index (χ3n) is 4.76. The molecule has 0 saturated heterocycles. The highest BCUT2D eigenvalue weighted by Gasteiger charge is 2.04. The van der Waals surface area contributed by atoms with Crippen molar-refractivity contribution < 1.29 is 9.59 Å². The molecule has 2 aromatic carbocycles. The van der Waals surface area contributed by atoms with Gasteiger partial charge in [-0.05, 0) is 49.1 Å². The Kier molecular flexibility index (Phi) is 9.84. The van der Waals surface area contributed by atoms with E-state index in [1.807, 2.05) is 42.5 Å². The molecule has 0 spiro atoms.